The van der Waals surface area contributed by atoms with Crippen molar-refractivity contribution in [3.63, 3.8) is 0 Å². The fourth-order valence-corrected chi connectivity index (χ4v) is 3.92. The van der Waals surface area contributed by atoms with Gasteiger partial charge in [0.25, 0.3) is 0 Å². The van der Waals surface area contributed by atoms with Crippen molar-refractivity contribution in [2.24, 2.45) is 0 Å². The van der Waals surface area contributed by atoms with Crippen molar-refractivity contribution in [3.8, 4) is 0 Å². The highest BCUT2D eigenvalue weighted by Crippen LogP contribution is 2.46. The second-order valence-corrected chi connectivity index (χ2v) is 8.26. The molecule has 0 aliphatic carbocycles. The van der Waals surface area contributed by atoms with E-state index in [9.17, 15) is 9.46 Å². The first-order valence-corrected chi connectivity index (χ1v) is 11.3. The molecule has 1 N–H and O–H groups in total. The van der Waals surface area contributed by atoms with Gasteiger partial charge in [-0.2, -0.15) is 0 Å². The Morgan fingerprint density at radius 1 is 0.739 bits per heavy atom. The fraction of sp³-hybridized carbons (Fsp3) is 1.00. The Bertz CT molecular complexity index is 290. The van der Waals surface area contributed by atoms with Crippen molar-refractivity contribution in [1.82, 2.24) is 4.67 Å². The van der Waals surface area contributed by atoms with Crippen LogP contribution in [-0.4, -0.2) is 29.3 Å². The minimum atomic E-state index is -3.61. The molecule has 0 bridgehead atoms. The maximum atomic E-state index is 12.5. The molecule has 0 aliphatic rings. The van der Waals surface area contributed by atoms with Crippen molar-refractivity contribution in [2.75, 3.05) is 19.7 Å². The molecule has 0 amide bonds. The summed E-state index contributed by atoms with van der Waals surface area (Å²) in [4.78, 5) is 10.3. The topological polar surface area (TPSA) is 49.8 Å². The van der Waals surface area contributed by atoms with Crippen LogP contribution in [0.15, 0.2) is 0 Å². The third-order valence-electron chi connectivity index (χ3n) is 4.15. The smallest absolute Gasteiger partial charge is 0.312 e. The normalized spacial score (nSPS) is 14.3. The van der Waals surface area contributed by atoms with E-state index in [4.69, 9.17) is 4.52 Å². The molecule has 0 saturated heterocycles. The summed E-state index contributed by atoms with van der Waals surface area (Å²) in [6.45, 7) is 8.24. The molecule has 0 radical (unpaired) electrons. The second-order valence-electron chi connectivity index (χ2n) is 6.46. The predicted molar refractivity (Wildman–Crippen MR) is 99.8 cm³/mol. The Morgan fingerprint density at radius 2 is 1.17 bits per heavy atom. The van der Waals surface area contributed by atoms with Crippen LogP contribution in [-0.2, 0) is 9.09 Å². The Labute approximate surface area is 144 Å². The summed E-state index contributed by atoms with van der Waals surface area (Å²) in [6, 6.07) is 0. The molecule has 0 fully saturated rings. The van der Waals surface area contributed by atoms with Gasteiger partial charge >= 0.3 is 7.75 Å². The molecular weight excluding hydrogens is 309 g/mol. The van der Waals surface area contributed by atoms with Crippen LogP contribution in [0, 0.1) is 0 Å². The van der Waals surface area contributed by atoms with E-state index in [-0.39, 0.29) is 0 Å². The highest BCUT2D eigenvalue weighted by atomic mass is 31.2. The number of hydrogen-bond donors (Lipinski definition) is 1. The third-order valence-corrected chi connectivity index (χ3v) is 5.79. The Morgan fingerprint density at radius 3 is 1.70 bits per heavy atom. The molecule has 0 heterocycles. The van der Waals surface area contributed by atoms with Gasteiger partial charge in [-0.15, -0.1) is 0 Å². The third kappa shape index (κ3) is 13.1. The van der Waals surface area contributed by atoms with Crippen LogP contribution in [0.1, 0.15) is 97.8 Å². The first-order chi connectivity index (χ1) is 11.1. The highest BCUT2D eigenvalue weighted by molar-refractivity contribution is 7.50. The predicted octanol–water partition coefficient (Wildman–Crippen LogP) is 6.15. The largest absolute Gasteiger partial charge is 0.405 e. The quantitative estimate of drug-likeness (QED) is 0.253. The molecule has 0 aromatic carbocycles. The molecule has 0 spiro atoms. The number of nitrogens with zero attached hydrogens (tertiary/aromatic N) is 1. The van der Waals surface area contributed by atoms with E-state index in [0.29, 0.717) is 19.7 Å². The van der Waals surface area contributed by atoms with Crippen LogP contribution < -0.4 is 0 Å². The van der Waals surface area contributed by atoms with Crippen LogP contribution in [0.2, 0.25) is 0 Å². The Balaban J connectivity index is 4.11. The molecular formula is C18H40NO3P. The van der Waals surface area contributed by atoms with Gasteiger partial charge in [-0.25, -0.2) is 9.24 Å². The SMILES string of the molecule is CCCCCCCCOP(=O)(O)N(CCCCC)CCCCC. The Hall–Kier alpha value is 0.110. The van der Waals surface area contributed by atoms with E-state index >= 15 is 0 Å². The van der Waals surface area contributed by atoms with Crippen LogP contribution in [0.3, 0.4) is 0 Å². The van der Waals surface area contributed by atoms with Gasteiger partial charge < -0.3 is 4.89 Å². The van der Waals surface area contributed by atoms with Crippen LogP contribution in [0.4, 0.5) is 0 Å². The summed E-state index contributed by atoms with van der Waals surface area (Å²) in [5.41, 5.74) is 0. The van der Waals surface area contributed by atoms with Crippen molar-refractivity contribution in [1.29, 1.82) is 0 Å². The molecule has 0 saturated carbocycles. The summed E-state index contributed by atoms with van der Waals surface area (Å²) in [6.07, 6.45) is 13.3. The average molecular weight is 349 g/mol. The maximum Gasteiger partial charge on any atom is 0.405 e. The lowest BCUT2D eigenvalue weighted by molar-refractivity contribution is 0.194. The highest BCUT2D eigenvalue weighted by Gasteiger charge is 2.28. The van der Waals surface area contributed by atoms with Gasteiger partial charge in [-0.1, -0.05) is 78.6 Å². The van der Waals surface area contributed by atoms with E-state index in [1.807, 2.05) is 0 Å². The number of rotatable bonds is 17. The van der Waals surface area contributed by atoms with Gasteiger partial charge in [0.05, 0.1) is 6.61 Å². The molecule has 4 nitrogen and oxygen atoms in total. The van der Waals surface area contributed by atoms with Gasteiger partial charge in [0.2, 0.25) is 0 Å². The standard InChI is InChI=1S/C18H40NO3P/c1-4-7-10-11-12-15-18-22-23(20,21)19(16-13-8-5-2)17-14-9-6-3/h4-18H2,1-3H3,(H,20,21). The van der Waals surface area contributed by atoms with Crippen LogP contribution >= 0.6 is 7.75 Å². The fourth-order valence-electron chi connectivity index (χ4n) is 2.60. The lowest BCUT2D eigenvalue weighted by Crippen LogP contribution is -2.24. The Kier molecular flexibility index (Phi) is 15.7. The number of unbranched alkanes of at least 4 members (excludes halogenated alkanes) is 9. The van der Waals surface area contributed by atoms with Crippen molar-refractivity contribution in [2.45, 2.75) is 97.8 Å². The van der Waals surface area contributed by atoms with Crippen LogP contribution in [0.5, 0.6) is 0 Å². The summed E-state index contributed by atoms with van der Waals surface area (Å²) in [7, 11) is -3.61. The van der Waals surface area contributed by atoms with Gasteiger partial charge in [-0.05, 0) is 19.3 Å². The molecule has 0 aromatic heterocycles. The average Bonchev–Trinajstić information content (AvgIpc) is 2.52. The lowest BCUT2D eigenvalue weighted by Gasteiger charge is -2.26. The molecule has 0 rings (SSSR count). The summed E-state index contributed by atoms with van der Waals surface area (Å²) >= 11 is 0. The van der Waals surface area contributed by atoms with Gasteiger partial charge in [0.15, 0.2) is 0 Å². The second kappa shape index (κ2) is 15.6. The van der Waals surface area contributed by atoms with Gasteiger partial charge in [0.1, 0.15) is 0 Å². The number of hydrogen-bond acceptors (Lipinski definition) is 2. The zero-order chi connectivity index (χ0) is 17.4. The summed E-state index contributed by atoms with van der Waals surface area (Å²) in [5, 5.41) is 0. The van der Waals surface area contributed by atoms with Crippen LogP contribution in [0.25, 0.3) is 0 Å². The minimum absolute atomic E-state index is 0.401. The zero-order valence-corrected chi connectivity index (χ0v) is 16.7. The van der Waals surface area contributed by atoms with E-state index < -0.39 is 7.75 Å². The van der Waals surface area contributed by atoms with Gasteiger partial charge in [-0.3, -0.25) is 4.52 Å². The maximum absolute atomic E-state index is 12.5. The van der Waals surface area contributed by atoms with Crippen molar-refractivity contribution < 1.29 is 14.0 Å². The van der Waals surface area contributed by atoms with E-state index in [2.05, 4.69) is 20.8 Å². The van der Waals surface area contributed by atoms with Gasteiger partial charge in [0, 0.05) is 13.1 Å². The van der Waals surface area contributed by atoms with Crippen molar-refractivity contribution >= 4 is 7.75 Å². The van der Waals surface area contributed by atoms with E-state index in [0.717, 1.165) is 51.4 Å². The molecule has 0 aromatic rings. The zero-order valence-electron chi connectivity index (χ0n) is 15.8. The minimum Gasteiger partial charge on any atom is -0.312 e. The molecule has 5 heteroatoms. The monoisotopic (exact) mass is 349 g/mol. The molecule has 1 atom stereocenters. The van der Waals surface area contributed by atoms with E-state index in [1.165, 1.54) is 25.7 Å². The first kappa shape index (κ1) is 23.1. The molecule has 23 heavy (non-hydrogen) atoms. The summed E-state index contributed by atoms with van der Waals surface area (Å²) in [5.74, 6) is 0. The molecule has 1 unspecified atom stereocenters. The first-order valence-electron chi connectivity index (χ1n) is 9.81. The molecule has 0 aliphatic heterocycles. The molecule has 140 valence electrons. The van der Waals surface area contributed by atoms with E-state index in [1.54, 1.807) is 4.67 Å². The van der Waals surface area contributed by atoms with Crippen molar-refractivity contribution in [3.05, 3.63) is 0 Å². The summed E-state index contributed by atoms with van der Waals surface area (Å²) < 4.78 is 19.6. The lowest BCUT2D eigenvalue weighted by atomic mass is 10.1.